The van der Waals surface area contributed by atoms with Crippen molar-refractivity contribution in [2.24, 2.45) is 12.8 Å². The molecule has 0 saturated heterocycles. The minimum atomic E-state index is -0.0758. The average Bonchev–Trinajstić information content (AvgIpc) is 3.07. The highest BCUT2D eigenvalue weighted by atomic mass is 15.3. The predicted octanol–water partition coefficient (Wildman–Crippen LogP) is 1.97. The average molecular weight is 259 g/mol. The second-order valence-corrected chi connectivity index (χ2v) is 5.45. The van der Waals surface area contributed by atoms with Crippen LogP contribution in [0.5, 0.6) is 0 Å². The highest BCUT2D eigenvalue weighted by Crippen LogP contribution is 2.28. The van der Waals surface area contributed by atoms with Gasteiger partial charge in [0.05, 0.1) is 23.5 Å². The first-order valence-corrected chi connectivity index (χ1v) is 7.01. The molecule has 19 heavy (non-hydrogen) atoms. The van der Waals surface area contributed by atoms with Gasteiger partial charge in [-0.2, -0.15) is 10.2 Å². The Hall–Kier alpha value is -1.62. The maximum absolute atomic E-state index is 6.18. The lowest BCUT2D eigenvalue weighted by Crippen LogP contribution is -2.15. The van der Waals surface area contributed by atoms with E-state index in [1.54, 1.807) is 4.68 Å². The largest absolute Gasteiger partial charge is 0.322 e. The van der Waals surface area contributed by atoms with E-state index in [0.717, 1.165) is 17.8 Å². The topological polar surface area (TPSA) is 61.7 Å². The third-order valence-corrected chi connectivity index (χ3v) is 3.91. The molecule has 1 unspecified atom stereocenters. The SMILES string of the molecule is Cn1ccc(C(N)Cc2ccn(C3CCCC3)n2)n1. The van der Waals surface area contributed by atoms with Crippen LogP contribution in [0.15, 0.2) is 24.5 Å². The molecule has 1 aliphatic rings. The van der Waals surface area contributed by atoms with E-state index >= 15 is 0 Å². The van der Waals surface area contributed by atoms with Gasteiger partial charge < -0.3 is 5.73 Å². The van der Waals surface area contributed by atoms with Crippen molar-refractivity contribution in [3.63, 3.8) is 0 Å². The van der Waals surface area contributed by atoms with Gasteiger partial charge in [0.25, 0.3) is 0 Å². The molecule has 1 saturated carbocycles. The molecule has 1 aliphatic carbocycles. The Labute approximate surface area is 113 Å². The molecule has 3 rings (SSSR count). The first-order valence-electron chi connectivity index (χ1n) is 7.01. The summed E-state index contributed by atoms with van der Waals surface area (Å²) in [5.41, 5.74) is 8.17. The maximum atomic E-state index is 6.18. The lowest BCUT2D eigenvalue weighted by Gasteiger charge is -2.10. The summed E-state index contributed by atoms with van der Waals surface area (Å²) in [6.45, 7) is 0. The van der Waals surface area contributed by atoms with Gasteiger partial charge in [0.2, 0.25) is 0 Å². The summed E-state index contributed by atoms with van der Waals surface area (Å²) < 4.78 is 3.90. The first kappa shape index (κ1) is 12.4. The van der Waals surface area contributed by atoms with Gasteiger partial charge in [0, 0.05) is 25.9 Å². The Morgan fingerprint density at radius 3 is 2.74 bits per heavy atom. The van der Waals surface area contributed by atoms with Crippen molar-refractivity contribution in [2.75, 3.05) is 0 Å². The summed E-state index contributed by atoms with van der Waals surface area (Å²) >= 11 is 0. The van der Waals surface area contributed by atoms with Crippen LogP contribution in [-0.2, 0) is 13.5 Å². The van der Waals surface area contributed by atoms with E-state index in [1.807, 2.05) is 19.3 Å². The predicted molar refractivity (Wildman–Crippen MR) is 73.6 cm³/mol. The van der Waals surface area contributed by atoms with Crippen LogP contribution in [0.3, 0.4) is 0 Å². The fourth-order valence-electron chi connectivity index (χ4n) is 2.82. The Balaban J connectivity index is 1.66. The monoisotopic (exact) mass is 259 g/mol. The molecule has 102 valence electrons. The first-order chi connectivity index (χ1) is 9.22. The van der Waals surface area contributed by atoms with Gasteiger partial charge in [0.1, 0.15) is 0 Å². The van der Waals surface area contributed by atoms with Crippen molar-refractivity contribution < 1.29 is 0 Å². The summed E-state index contributed by atoms with van der Waals surface area (Å²) in [6, 6.07) is 4.58. The van der Waals surface area contributed by atoms with Crippen molar-refractivity contribution >= 4 is 0 Å². The van der Waals surface area contributed by atoms with Crippen molar-refractivity contribution in [1.29, 1.82) is 0 Å². The number of nitrogens with two attached hydrogens (primary N) is 1. The minimum absolute atomic E-state index is 0.0758. The van der Waals surface area contributed by atoms with Gasteiger partial charge in [-0.15, -0.1) is 0 Å². The summed E-state index contributed by atoms with van der Waals surface area (Å²) in [4.78, 5) is 0. The smallest absolute Gasteiger partial charge is 0.0795 e. The van der Waals surface area contributed by atoms with Crippen molar-refractivity contribution in [2.45, 2.75) is 44.2 Å². The summed E-state index contributed by atoms with van der Waals surface area (Å²) in [5, 5.41) is 9.01. The van der Waals surface area contributed by atoms with Gasteiger partial charge in [0.15, 0.2) is 0 Å². The molecule has 0 spiro atoms. The third-order valence-electron chi connectivity index (χ3n) is 3.91. The van der Waals surface area contributed by atoms with Gasteiger partial charge in [-0.05, 0) is 25.0 Å². The molecule has 0 bridgehead atoms. The van der Waals surface area contributed by atoms with Crippen LogP contribution in [0.2, 0.25) is 0 Å². The zero-order valence-corrected chi connectivity index (χ0v) is 11.4. The molecule has 2 aromatic rings. The highest BCUT2D eigenvalue weighted by molar-refractivity contribution is 5.10. The van der Waals surface area contributed by atoms with Gasteiger partial charge >= 0.3 is 0 Å². The Morgan fingerprint density at radius 1 is 1.26 bits per heavy atom. The van der Waals surface area contributed by atoms with E-state index < -0.39 is 0 Å². The van der Waals surface area contributed by atoms with Crippen molar-refractivity contribution in [1.82, 2.24) is 19.6 Å². The molecule has 1 atom stereocenters. The Bertz CT molecular complexity index is 536. The van der Waals surface area contributed by atoms with Gasteiger partial charge in [-0.3, -0.25) is 9.36 Å². The molecule has 1 fully saturated rings. The molecule has 0 aliphatic heterocycles. The fraction of sp³-hybridized carbons (Fsp3) is 0.571. The van der Waals surface area contributed by atoms with E-state index in [4.69, 9.17) is 5.73 Å². The molecular formula is C14H21N5. The summed E-state index contributed by atoms with van der Waals surface area (Å²) in [5.74, 6) is 0. The molecule has 0 radical (unpaired) electrons. The molecular weight excluding hydrogens is 238 g/mol. The Morgan fingerprint density at radius 2 is 2.05 bits per heavy atom. The second kappa shape index (κ2) is 5.17. The van der Waals surface area contributed by atoms with Crippen LogP contribution in [0.1, 0.15) is 49.2 Å². The maximum Gasteiger partial charge on any atom is 0.0795 e. The molecule has 2 aromatic heterocycles. The van der Waals surface area contributed by atoms with E-state index in [0.29, 0.717) is 6.04 Å². The number of aryl methyl sites for hydroxylation is 1. The summed E-state index contributed by atoms with van der Waals surface area (Å²) in [6.07, 6.45) is 9.93. The zero-order chi connectivity index (χ0) is 13.2. The third kappa shape index (κ3) is 2.71. The summed E-state index contributed by atoms with van der Waals surface area (Å²) in [7, 11) is 1.91. The standard InChI is InChI=1S/C14H21N5/c1-18-8-7-14(17-18)13(15)10-11-6-9-19(16-11)12-4-2-3-5-12/h6-9,12-13H,2-5,10,15H2,1H3. The molecule has 2 heterocycles. The van der Waals surface area contributed by atoms with E-state index in [2.05, 4.69) is 27.1 Å². The lowest BCUT2D eigenvalue weighted by molar-refractivity contribution is 0.461. The molecule has 2 N–H and O–H groups in total. The lowest BCUT2D eigenvalue weighted by atomic mass is 10.1. The quantitative estimate of drug-likeness (QED) is 0.913. The van der Waals surface area contributed by atoms with Gasteiger partial charge in [-0.25, -0.2) is 0 Å². The van der Waals surface area contributed by atoms with Crippen LogP contribution in [0, 0.1) is 0 Å². The van der Waals surface area contributed by atoms with Crippen LogP contribution in [-0.4, -0.2) is 19.6 Å². The number of rotatable bonds is 4. The minimum Gasteiger partial charge on any atom is -0.322 e. The highest BCUT2D eigenvalue weighted by Gasteiger charge is 2.18. The van der Waals surface area contributed by atoms with Crippen molar-refractivity contribution in [3.8, 4) is 0 Å². The molecule has 0 amide bonds. The van der Waals surface area contributed by atoms with Crippen LogP contribution in [0.4, 0.5) is 0 Å². The zero-order valence-electron chi connectivity index (χ0n) is 11.4. The van der Waals surface area contributed by atoms with Gasteiger partial charge in [-0.1, -0.05) is 12.8 Å². The molecule has 0 aromatic carbocycles. The van der Waals surface area contributed by atoms with Crippen molar-refractivity contribution in [3.05, 3.63) is 35.9 Å². The van der Waals surface area contributed by atoms with Crippen LogP contribution >= 0.6 is 0 Å². The molecule has 5 nitrogen and oxygen atoms in total. The fourth-order valence-corrected chi connectivity index (χ4v) is 2.82. The van der Waals surface area contributed by atoms with E-state index in [1.165, 1.54) is 25.7 Å². The number of hydrogen-bond donors (Lipinski definition) is 1. The van der Waals surface area contributed by atoms with Crippen LogP contribution < -0.4 is 5.73 Å². The molecule has 5 heteroatoms. The number of aromatic nitrogens is 4. The normalized spacial score (nSPS) is 18.0. The number of hydrogen-bond acceptors (Lipinski definition) is 3. The van der Waals surface area contributed by atoms with E-state index in [9.17, 15) is 0 Å². The second-order valence-electron chi connectivity index (χ2n) is 5.45. The number of nitrogens with zero attached hydrogens (tertiary/aromatic N) is 4. The van der Waals surface area contributed by atoms with E-state index in [-0.39, 0.29) is 6.04 Å². The van der Waals surface area contributed by atoms with Crippen LogP contribution in [0.25, 0.3) is 0 Å². The Kier molecular flexibility index (Phi) is 3.38.